The molecule has 0 saturated heterocycles. The molecule has 68 heavy (non-hydrogen) atoms. The lowest BCUT2D eigenvalue weighted by atomic mass is 9.81. The lowest BCUT2D eigenvalue weighted by Gasteiger charge is -2.29. The van der Waals surface area contributed by atoms with Gasteiger partial charge >= 0.3 is 0 Å². The summed E-state index contributed by atoms with van der Waals surface area (Å²) in [5.74, 6) is 0. The van der Waals surface area contributed by atoms with Gasteiger partial charge in [-0.2, -0.15) is 0 Å². The van der Waals surface area contributed by atoms with E-state index in [0.717, 1.165) is 55.8 Å². The van der Waals surface area contributed by atoms with Gasteiger partial charge in [-0.3, -0.25) is 0 Å². The Hall–Kier alpha value is -8.66. The molecule has 2 aromatic heterocycles. The summed E-state index contributed by atoms with van der Waals surface area (Å²) in [6.45, 7) is 4.71. The zero-order chi connectivity index (χ0) is 45.1. The van der Waals surface area contributed by atoms with E-state index in [9.17, 15) is 0 Å². The maximum absolute atomic E-state index is 6.86. The number of rotatable bonds is 6. The van der Waals surface area contributed by atoms with Crippen molar-refractivity contribution in [2.24, 2.45) is 0 Å². The highest BCUT2D eigenvalue weighted by molar-refractivity contribution is 6.16. The van der Waals surface area contributed by atoms with E-state index in [4.69, 9.17) is 4.42 Å². The standard InChI is InChI=1S/C65H44N2O/c1-65(2)58-26-11-7-21-50(58)51-35-32-43(37-59(51)65)42-17-15-18-46(36-42)66(62-38-44-16-3-4-19-48(44)49-20-5-6-22-52(49)62)47-39-56(64-57(40-47)55-25-10-14-29-63(55)68-64)41-30-33-45(34-31-41)67-60-27-12-8-23-53(60)54-24-9-13-28-61(54)67/h3-40H,1-2H3. The predicted molar refractivity (Wildman–Crippen MR) is 286 cm³/mol. The Bertz CT molecular complexity index is 4130. The molecule has 0 unspecified atom stereocenters. The van der Waals surface area contributed by atoms with Crippen LogP contribution in [0.4, 0.5) is 17.1 Å². The summed E-state index contributed by atoms with van der Waals surface area (Å²) in [4.78, 5) is 2.47. The highest BCUT2D eigenvalue weighted by Gasteiger charge is 2.35. The second-order valence-electron chi connectivity index (χ2n) is 18.9. The fourth-order valence-corrected chi connectivity index (χ4v) is 11.5. The van der Waals surface area contributed by atoms with Crippen LogP contribution < -0.4 is 4.90 Å². The van der Waals surface area contributed by atoms with Gasteiger partial charge in [0.2, 0.25) is 0 Å². The summed E-state index contributed by atoms with van der Waals surface area (Å²) in [7, 11) is 0. The van der Waals surface area contributed by atoms with E-state index in [1.54, 1.807) is 0 Å². The quantitative estimate of drug-likeness (QED) is 0.155. The van der Waals surface area contributed by atoms with Gasteiger partial charge in [-0.05, 0) is 122 Å². The SMILES string of the molecule is CC1(C)c2ccccc2-c2ccc(-c3cccc(N(c4cc(-c5ccc(-n6c7ccccc7c7ccccc76)cc5)c5oc6ccccc6c5c4)c4cc5ccccc5c5ccccc45)c3)cc21. The topological polar surface area (TPSA) is 21.3 Å². The average Bonchev–Trinajstić information content (AvgIpc) is 4.02. The Labute approximate surface area is 394 Å². The van der Waals surface area contributed by atoms with E-state index < -0.39 is 0 Å². The molecule has 0 saturated carbocycles. The van der Waals surface area contributed by atoms with E-state index >= 15 is 0 Å². The van der Waals surface area contributed by atoms with Crippen LogP contribution in [0.1, 0.15) is 25.0 Å². The molecule has 3 heteroatoms. The van der Waals surface area contributed by atoms with Crippen molar-refractivity contribution in [2.45, 2.75) is 19.3 Å². The summed E-state index contributed by atoms with van der Waals surface area (Å²) in [5, 5.41) is 9.50. The molecular weight excluding hydrogens is 825 g/mol. The maximum Gasteiger partial charge on any atom is 0.143 e. The van der Waals surface area contributed by atoms with Crippen LogP contribution in [0.25, 0.3) is 104 Å². The third-order valence-corrected chi connectivity index (χ3v) is 14.7. The molecule has 0 bridgehead atoms. The minimum Gasteiger partial charge on any atom is -0.455 e. The number of anilines is 3. The number of hydrogen-bond acceptors (Lipinski definition) is 2. The van der Waals surface area contributed by atoms with Crippen molar-refractivity contribution < 1.29 is 4.42 Å². The minimum atomic E-state index is -0.101. The molecule has 0 amide bonds. The van der Waals surface area contributed by atoms with Gasteiger partial charge < -0.3 is 13.9 Å². The maximum atomic E-state index is 6.86. The number of aromatic nitrogens is 1. The number of fused-ring (bicyclic) bond motifs is 12. The molecule has 0 atom stereocenters. The molecule has 13 aromatic rings. The van der Waals surface area contributed by atoms with E-state index in [2.05, 4.69) is 254 Å². The smallest absolute Gasteiger partial charge is 0.143 e. The fourth-order valence-electron chi connectivity index (χ4n) is 11.5. The molecule has 11 aromatic carbocycles. The van der Waals surface area contributed by atoms with Crippen LogP contribution in [0.3, 0.4) is 0 Å². The van der Waals surface area contributed by atoms with Gasteiger partial charge in [0.1, 0.15) is 11.2 Å². The first-order valence-corrected chi connectivity index (χ1v) is 23.6. The number of para-hydroxylation sites is 3. The van der Waals surface area contributed by atoms with Gasteiger partial charge in [-0.1, -0.05) is 178 Å². The van der Waals surface area contributed by atoms with Crippen LogP contribution in [-0.2, 0) is 5.41 Å². The van der Waals surface area contributed by atoms with Gasteiger partial charge in [0, 0.05) is 55.0 Å². The average molecular weight is 869 g/mol. The molecule has 14 rings (SSSR count). The molecule has 1 aliphatic carbocycles. The van der Waals surface area contributed by atoms with Gasteiger partial charge in [0.25, 0.3) is 0 Å². The number of furan rings is 1. The first kappa shape index (κ1) is 38.6. The van der Waals surface area contributed by atoms with Crippen molar-refractivity contribution in [1.82, 2.24) is 4.57 Å². The van der Waals surface area contributed by atoms with Gasteiger partial charge in [-0.25, -0.2) is 0 Å². The van der Waals surface area contributed by atoms with Crippen LogP contribution in [-0.4, -0.2) is 4.57 Å². The van der Waals surface area contributed by atoms with E-state index in [-0.39, 0.29) is 5.41 Å². The lowest BCUT2D eigenvalue weighted by Crippen LogP contribution is -2.14. The molecule has 2 heterocycles. The zero-order valence-electron chi connectivity index (χ0n) is 37.7. The van der Waals surface area contributed by atoms with E-state index in [1.165, 1.54) is 76.7 Å². The largest absolute Gasteiger partial charge is 0.455 e. The molecule has 320 valence electrons. The second kappa shape index (κ2) is 14.7. The van der Waals surface area contributed by atoms with Crippen LogP contribution >= 0.6 is 0 Å². The van der Waals surface area contributed by atoms with Crippen molar-refractivity contribution >= 4 is 82.4 Å². The normalized spacial score (nSPS) is 13.0. The molecule has 0 aliphatic heterocycles. The highest BCUT2D eigenvalue weighted by atomic mass is 16.3. The highest BCUT2D eigenvalue weighted by Crippen LogP contribution is 2.51. The second-order valence-corrected chi connectivity index (χ2v) is 18.9. The Morgan fingerprint density at radius 3 is 1.79 bits per heavy atom. The summed E-state index contributed by atoms with van der Waals surface area (Å²) in [6.07, 6.45) is 0. The Balaban J connectivity index is 0.993. The minimum absolute atomic E-state index is 0.101. The van der Waals surface area contributed by atoms with Crippen molar-refractivity contribution in [3.8, 4) is 39.1 Å². The molecule has 0 fully saturated rings. The lowest BCUT2D eigenvalue weighted by molar-refractivity contribution is 0.660. The number of benzene rings is 11. The van der Waals surface area contributed by atoms with Crippen LogP contribution in [0.5, 0.6) is 0 Å². The summed E-state index contributed by atoms with van der Waals surface area (Å²) in [5.41, 5.74) is 18.3. The monoisotopic (exact) mass is 868 g/mol. The van der Waals surface area contributed by atoms with Crippen LogP contribution in [0.2, 0.25) is 0 Å². The van der Waals surface area contributed by atoms with E-state index in [0.29, 0.717) is 0 Å². The molecule has 0 spiro atoms. The molecular formula is C65H44N2O. The zero-order valence-corrected chi connectivity index (χ0v) is 37.7. The van der Waals surface area contributed by atoms with Gasteiger partial charge in [-0.15, -0.1) is 0 Å². The van der Waals surface area contributed by atoms with Crippen molar-refractivity contribution in [3.63, 3.8) is 0 Å². The Morgan fingerprint density at radius 2 is 1.00 bits per heavy atom. The number of nitrogens with zero attached hydrogens (tertiary/aromatic N) is 2. The Kier molecular flexibility index (Phi) is 8.33. The predicted octanol–water partition coefficient (Wildman–Crippen LogP) is 18.1. The summed E-state index contributed by atoms with van der Waals surface area (Å²) < 4.78 is 9.24. The van der Waals surface area contributed by atoms with Crippen molar-refractivity contribution in [1.29, 1.82) is 0 Å². The number of hydrogen-bond donors (Lipinski definition) is 0. The Morgan fingerprint density at radius 1 is 0.382 bits per heavy atom. The van der Waals surface area contributed by atoms with Crippen molar-refractivity contribution in [2.75, 3.05) is 4.90 Å². The van der Waals surface area contributed by atoms with Crippen LogP contribution in [0, 0.1) is 0 Å². The van der Waals surface area contributed by atoms with E-state index in [1.807, 2.05) is 0 Å². The van der Waals surface area contributed by atoms with Crippen LogP contribution in [0.15, 0.2) is 235 Å². The summed E-state index contributed by atoms with van der Waals surface area (Å²) in [6, 6.07) is 84.5. The molecule has 0 radical (unpaired) electrons. The third kappa shape index (κ3) is 5.72. The van der Waals surface area contributed by atoms with Crippen molar-refractivity contribution in [3.05, 3.63) is 242 Å². The summed E-state index contributed by atoms with van der Waals surface area (Å²) >= 11 is 0. The van der Waals surface area contributed by atoms with Gasteiger partial charge in [0.15, 0.2) is 0 Å². The van der Waals surface area contributed by atoms with Gasteiger partial charge in [0.05, 0.1) is 16.7 Å². The molecule has 3 nitrogen and oxygen atoms in total. The first-order chi connectivity index (χ1) is 33.5. The first-order valence-electron chi connectivity index (χ1n) is 23.6. The third-order valence-electron chi connectivity index (χ3n) is 14.7. The fraction of sp³-hybridized carbons (Fsp3) is 0.0462. The molecule has 1 aliphatic rings. The molecule has 0 N–H and O–H groups in total.